The molecule has 102 valence electrons. The van der Waals surface area contributed by atoms with Gasteiger partial charge < -0.3 is 10.5 Å². The molecule has 0 bridgehead atoms. The molecule has 7 heteroatoms. The minimum atomic E-state index is -4.44. The van der Waals surface area contributed by atoms with Gasteiger partial charge >= 0.3 is 6.18 Å². The molecule has 1 fully saturated rings. The normalized spacial score (nSPS) is 20.1. The number of hydrogen-bond acceptors (Lipinski definition) is 3. The van der Waals surface area contributed by atoms with E-state index in [4.69, 9.17) is 10.5 Å². The number of aromatic nitrogens is 2. The Kier molecular flexibility index (Phi) is 3.63. The van der Waals surface area contributed by atoms with Gasteiger partial charge in [-0.25, -0.2) is 0 Å². The molecule has 0 spiro atoms. The third-order valence-electron chi connectivity index (χ3n) is 3.18. The first-order valence-corrected chi connectivity index (χ1v) is 5.83. The quantitative estimate of drug-likeness (QED) is 0.886. The summed E-state index contributed by atoms with van der Waals surface area (Å²) in [5, 5.41) is 4.15. The topological polar surface area (TPSA) is 53.1 Å². The summed E-state index contributed by atoms with van der Waals surface area (Å²) in [5.74, 6) is 0.00310. The zero-order chi connectivity index (χ0) is 13.3. The van der Waals surface area contributed by atoms with E-state index >= 15 is 0 Å². The lowest BCUT2D eigenvalue weighted by molar-refractivity contribution is -0.149. The molecule has 0 aliphatic carbocycles. The van der Waals surface area contributed by atoms with E-state index in [0.717, 1.165) is 0 Å². The van der Waals surface area contributed by atoms with Crippen molar-refractivity contribution in [2.75, 3.05) is 13.2 Å². The van der Waals surface area contributed by atoms with Crippen LogP contribution in [0.1, 0.15) is 36.1 Å². The van der Waals surface area contributed by atoms with E-state index in [1.807, 2.05) is 0 Å². The van der Waals surface area contributed by atoms with Crippen molar-refractivity contribution in [2.24, 2.45) is 12.8 Å². The molecular weight excluding hydrogens is 247 g/mol. The van der Waals surface area contributed by atoms with Gasteiger partial charge in [0.1, 0.15) is 6.04 Å². The fraction of sp³-hybridized carbons (Fsp3) is 0.727. The fourth-order valence-corrected chi connectivity index (χ4v) is 2.23. The van der Waals surface area contributed by atoms with E-state index < -0.39 is 12.2 Å². The van der Waals surface area contributed by atoms with Gasteiger partial charge in [-0.1, -0.05) is 0 Å². The molecule has 18 heavy (non-hydrogen) atoms. The highest BCUT2D eigenvalue weighted by molar-refractivity contribution is 5.26. The van der Waals surface area contributed by atoms with Crippen LogP contribution in [-0.4, -0.2) is 29.2 Å². The van der Waals surface area contributed by atoms with Crippen molar-refractivity contribution in [1.82, 2.24) is 9.78 Å². The van der Waals surface area contributed by atoms with Crippen molar-refractivity contribution in [1.29, 1.82) is 0 Å². The summed E-state index contributed by atoms with van der Waals surface area (Å²) in [6.07, 6.45) is -1.70. The second kappa shape index (κ2) is 4.89. The Morgan fingerprint density at radius 1 is 1.44 bits per heavy atom. The number of nitrogens with zero attached hydrogens (tertiary/aromatic N) is 2. The fourth-order valence-electron chi connectivity index (χ4n) is 2.23. The van der Waals surface area contributed by atoms with E-state index in [1.165, 1.54) is 10.9 Å². The Morgan fingerprint density at radius 3 is 2.61 bits per heavy atom. The van der Waals surface area contributed by atoms with Gasteiger partial charge in [0.25, 0.3) is 0 Å². The molecule has 1 atom stereocenters. The van der Waals surface area contributed by atoms with Gasteiger partial charge in [-0.3, -0.25) is 4.68 Å². The summed E-state index contributed by atoms with van der Waals surface area (Å²) < 4.78 is 44.7. The maximum absolute atomic E-state index is 12.7. The van der Waals surface area contributed by atoms with Crippen LogP contribution in [0, 0.1) is 0 Å². The van der Waals surface area contributed by atoms with Crippen molar-refractivity contribution in [3.05, 3.63) is 17.5 Å². The average Bonchev–Trinajstić information content (AvgIpc) is 2.70. The van der Waals surface area contributed by atoms with Crippen molar-refractivity contribution in [3.8, 4) is 0 Å². The van der Waals surface area contributed by atoms with E-state index in [1.54, 1.807) is 7.05 Å². The Hall–Kier alpha value is -1.08. The summed E-state index contributed by atoms with van der Waals surface area (Å²) in [5.41, 5.74) is 5.83. The first-order valence-electron chi connectivity index (χ1n) is 5.83. The van der Waals surface area contributed by atoms with Crippen LogP contribution >= 0.6 is 0 Å². The summed E-state index contributed by atoms with van der Waals surface area (Å²) in [6.45, 7) is 1.11. The first-order chi connectivity index (χ1) is 8.39. The maximum atomic E-state index is 12.7. The molecule has 1 aliphatic heterocycles. The molecule has 2 heterocycles. The van der Waals surface area contributed by atoms with Crippen molar-refractivity contribution in [2.45, 2.75) is 31.0 Å². The summed E-state index contributed by atoms with van der Waals surface area (Å²) >= 11 is 0. The lowest BCUT2D eigenvalue weighted by atomic mass is 9.92. The van der Waals surface area contributed by atoms with Crippen molar-refractivity contribution in [3.63, 3.8) is 0 Å². The van der Waals surface area contributed by atoms with Gasteiger partial charge in [-0.05, 0) is 12.8 Å². The van der Waals surface area contributed by atoms with E-state index in [0.29, 0.717) is 31.7 Å². The van der Waals surface area contributed by atoms with Crippen LogP contribution in [-0.2, 0) is 11.8 Å². The number of alkyl halides is 3. The minimum absolute atomic E-state index is 0.00310. The molecule has 2 rings (SSSR count). The van der Waals surface area contributed by atoms with Gasteiger partial charge in [-0.2, -0.15) is 18.3 Å². The van der Waals surface area contributed by atoms with Gasteiger partial charge in [0.15, 0.2) is 0 Å². The Labute approximate surface area is 103 Å². The van der Waals surface area contributed by atoms with Gasteiger partial charge in [0.05, 0.1) is 5.69 Å². The largest absolute Gasteiger partial charge is 0.407 e. The second-order valence-corrected chi connectivity index (χ2v) is 4.55. The van der Waals surface area contributed by atoms with Crippen LogP contribution in [0.25, 0.3) is 0 Å². The van der Waals surface area contributed by atoms with E-state index in [9.17, 15) is 13.2 Å². The molecule has 0 aromatic carbocycles. The number of halogens is 3. The molecule has 0 saturated carbocycles. The molecule has 1 unspecified atom stereocenters. The Morgan fingerprint density at radius 2 is 2.06 bits per heavy atom. The number of nitrogens with two attached hydrogens (primary N) is 1. The highest BCUT2D eigenvalue weighted by atomic mass is 19.4. The van der Waals surface area contributed by atoms with Crippen LogP contribution < -0.4 is 5.73 Å². The predicted octanol–water partition coefficient (Wildman–Crippen LogP) is 1.88. The van der Waals surface area contributed by atoms with Crippen LogP contribution in [0.5, 0.6) is 0 Å². The first kappa shape index (κ1) is 13.4. The summed E-state index contributed by atoms with van der Waals surface area (Å²) in [7, 11) is 1.61. The predicted molar refractivity (Wildman–Crippen MR) is 59.0 cm³/mol. The standard InChI is InChI=1S/C11H16F3N3O/c1-17-6-8(10(15)11(12,13)14)9(16-17)7-2-4-18-5-3-7/h6-7,10H,2-5,15H2,1H3. The molecule has 0 radical (unpaired) electrons. The monoisotopic (exact) mass is 263 g/mol. The van der Waals surface area contributed by atoms with Crippen LogP contribution in [0.15, 0.2) is 6.20 Å². The zero-order valence-corrected chi connectivity index (χ0v) is 10.1. The molecule has 1 aromatic rings. The minimum Gasteiger partial charge on any atom is -0.381 e. The van der Waals surface area contributed by atoms with Crippen molar-refractivity contribution < 1.29 is 17.9 Å². The molecule has 0 amide bonds. The highest BCUT2D eigenvalue weighted by Gasteiger charge is 2.41. The average molecular weight is 263 g/mol. The number of ether oxygens (including phenoxy) is 1. The van der Waals surface area contributed by atoms with E-state index in [2.05, 4.69) is 5.10 Å². The SMILES string of the molecule is Cn1cc(C(N)C(F)(F)F)c(C2CCOCC2)n1. The molecule has 1 aliphatic rings. The summed E-state index contributed by atoms with van der Waals surface area (Å²) in [6, 6.07) is -1.97. The smallest absolute Gasteiger partial charge is 0.381 e. The molecule has 1 aromatic heterocycles. The second-order valence-electron chi connectivity index (χ2n) is 4.55. The Bertz CT molecular complexity index is 410. The summed E-state index contributed by atoms with van der Waals surface area (Å²) in [4.78, 5) is 0. The van der Waals surface area contributed by atoms with Crippen molar-refractivity contribution >= 4 is 0 Å². The van der Waals surface area contributed by atoms with Crippen LogP contribution in [0.3, 0.4) is 0 Å². The Balaban J connectivity index is 2.30. The number of hydrogen-bond donors (Lipinski definition) is 1. The highest BCUT2D eigenvalue weighted by Crippen LogP contribution is 2.36. The molecule has 4 nitrogen and oxygen atoms in total. The zero-order valence-electron chi connectivity index (χ0n) is 10.1. The van der Waals surface area contributed by atoms with Gasteiger partial charge in [0.2, 0.25) is 0 Å². The van der Waals surface area contributed by atoms with Gasteiger partial charge in [0, 0.05) is 37.9 Å². The molecular formula is C11H16F3N3O. The maximum Gasteiger partial charge on any atom is 0.407 e. The van der Waals surface area contributed by atoms with Crippen LogP contribution in [0.2, 0.25) is 0 Å². The third-order valence-corrected chi connectivity index (χ3v) is 3.18. The van der Waals surface area contributed by atoms with Crippen LogP contribution in [0.4, 0.5) is 13.2 Å². The molecule has 2 N–H and O–H groups in total. The van der Waals surface area contributed by atoms with Gasteiger partial charge in [-0.15, -0.1) is 0 Å². The molecule has 1 saturated heterocycles. The third kappa shape index (κ3) is 2.67. The number of aryl methyl sites for hydroxylation is 1. The number of rotatable bonds is 2. The lowest BCUT2D eigenvalue weighted by Crippen LogP contribution is -2.29. The lowest BCUT2D eigenvalue weighted by Gasteiger charge is -2.23. The van der Waals surface area contributed by atoms with E-state index in [-0.39, 0.29) is 11.5 Å².